The standard InChI is InChI=1S/C30H20NO.C11H8N.Ir/c1-3-8-21(9-4-1)18-22-16-17-31-28(19-22)27-13-7-12-26-25-15-14-24(20-29(25)32-30(26)27)23-10-5-2-6-11-23;1-2-6-10(7-3-1)11-8-4-5-9-12-11;/h1-12,14-17,19-20H,18H2;1-6,8-9H;/q2*-1;. The van der Waals surface area contributed by atoms with E-state index >= 15 is 0 Å². The van der Waals surface area contributed by atoms with E-state index in [1.54, 1.807) is 6.20 Å². The minimum absolute atomic E-state index is 0. The summed E-state index contributed by atoms with van der Waals surface area (Å²) in [6.45, 7) is 0. The van der Waals surface area contributed by atoms with Gasteiger partial charge in [0.05, 0.1) is 5.58 Å². The van der Waals surface area contributed by atoms with Crippen molar-refractivity contribution in [2.75, 3.05) is 0 Å². The Bertz CT molecular complexity index is 2090. The smallest absolute Gasteiger partial charge is 0.121 e. The van der Waals surface area contributed by atoms with Gasteiger partial charge in [0.2, 0.25) is 0 Å². The Morgan fingerprint density at radius 1 is 0.533 bits per heavy atom. The molecule has 0 aliphatic rings. The average Bonchev–Trinajstić information content (AvgIpc) is 3.49. The van der Waals surface area contributed by atoms with Crippen LogP contribution in [-0.4, -0.2) is 9.97 Å². The van der Waals surface area contributed by atoms with Gasteiger partial charge in [-0.25, -0.2) is 0 Å². The maximum absolute atomic E-state index is 6.39. The summed E-state index contributed by atoms with van der Waals surface area (Å²) in [5, 5.41) is 2.19. The van der Waals surface area contributed by atoms with E-state index in [0.29, 0.717) is 0 Å². The predicted molar refractivity (Wildman–Crippen MR) is 179 cm³/mol. The second-order valence-electron chi connectivity index (χ2n) is 10.5. The van der Waals surface area contributed by atoms with E-state index in [1.807, 2.05) is 66.9 Å². The topological polar surface area (TPSA) is 38.9 Å². The SMILES string of the molecule is [Ir].[c-]1ccc2c(oc3cc(-c4ccccc4)ccc32)c1-c1cc(Cc2ccccc2)ccn1.[c-]1ccccc1-c1ccccn1. The van der Waals surface area contributed by atoms with Crippen LogP contribution in [0.4, 0.5) is 0 Å². The van der Waals surface area contributed by atoms with Gasteiger partial charge in [-0.2, -0.15) is 0 Å². The van der Waals surface area contributed by atoms with Crippen LogP contribution in [0.5, 0.6) is 0 Å². The molecule has 0 unspecified atom stereocenters. The van der Waals surface area contributed by atoms with Crippen molar-refractivity contribution in [2.45, 2.75) is 6.42 Å². The second kappa shape index (κ2) is 14.1. The second-order valence-corrected chi connectivity index (χ2v) is 10.5. The van der Waals surface area contributed by atoms with Crippen molar-refractivity contribution in [3.05, 3.63) is 181 Å². The summed E-state index contributed by atoms with van der Waals surface area (Å²) in [5.74, 6) is 0. The Kier molecular flexibility index (Phi) is 9.36. The van der Waals surface area contributed by atoms with Crippen molar-refractivity contribution in [3.63, 3.8) is 0 Å². The van der Waals surface area contributed by atoms with E-state index in [2.05, 4.69) is 107 Å². The third-order valence-electron chi connectivity index (χ3n) is 7.52. The number of benzene rings is 5. The van der Waals surface area contributed by atoms with Crippen molar-refractivity contribution >= 4 is 21.9 Å². The maximum atomic E-state index is 6.39. The Morgan fingerprint density at radius 2 is 1.31 bits per heavy atom. The van der Waals surface area contributed by atoms with E-state index < -0.39 is 0 Å². The van der Waals surface area contributed by atoms with Crippen LogP contribution in [0.15, 0.2) is 162 Å². The molecule has 219 valence electrons. The molecule has 4 heteroatoms. The molecule has 0 saturated carbocycles. The van der Waals surface area contributed by atoms with Crippen LogP contribution < -0.4 is 0 Å². The molecule has 0 bridgehead atoms. The number of fused-ring (bicyclic) bond motifs is 3. The fourth-order valence-electron chi connectivity index (χ4n) is 5.37. The third-order valence-corrected chi connectivity index (χ3v) is 7.52. The molecule has 3 aromatic heterocycles. The molecule has 45 heavy (non-hydrogen) atoms. The number of hydrogen-bond acceptors (Lipinski definition) is 3. The van der Waals surface area contributed by atoms with Crippen molar-refractivity contribution in [1.29, 1.82) is 0 Å². The Hall–Kier alpha value is -5.15. The first kappa shape index (κ1) is 29.9. The molecule has 3 heterocycles. The Balaban J connectivity index is 0.000000231. The Morgan fingerprint density at radius 3 is 2.09 bits per heavy atom. The number of aromatic nitrogens is 2. The van der Waals surface area contributed by atoms with Gasteiger partial charge in [0.1, 0.15) is 5.58 Å². The van der Waals surface area contributed by atoms with Crippen molar-refractivity contribution in [1.82, 2.24) is 9.97 Å². The van der Waals surface area contributed by atoms with E-state index in [0.717, 1.165) is 56.4 Å². The van der Waals surface area contributed by atoms with Gasteiger partial charge < -0.3 is 14.4 Å². The fraction of sp³-hybridized carbons (Fsp3) is 0.0244. The first-order valence-electron chi connectivity index (χ1n) is 14.6. The number of nitrogens with zero attached hydrogens (tertiary/aromatic N) is 2. The quantitative estimate of drug-likeness (QED) is 0.164. The number of rotatable bonds is 5. The van der Waals surface area contributed by atoms with Crippen LogP contribution in [0.25, 0.3) is 55.6 Å². The number of pyridine rings is 2. The molecule has 5 aromatic carbocycles. The summed E-state index contributed by atoms with van der Waals surface area (Å²) in [6, 6.07) is 55.7. The number of furan rings is 1. The van der Waals surface area contributed by atoms with E-state index in [1.165, 1.54) is 16.7 Å². The Labute approximate surface area is 276 Å². The largest absolute Gasteiger partial charge is 0.501 e. The van der Waals surface area contributed by atoms with Crippen LogP contribution in [-0.2, 0) is 26.5 Å². The molecule has 8 rings (SSSR count). The zero-order chi connectivity index (χ0) is 29.6. The van der Waals surface area contributed by atoms with Crippen molar-refractivity contribution in [3.8, 4) is 33.6 Å². The summed E-state index contributed by atoms with van der Waals surface area (Å²) >= 11 is 0. The van der Waals surface area contributed by atoms with E-state index in [9.17, 15) is 0 Å². The van der Waals surface area contributed by atoms with Gasteiger partial charge in [-0.3, -0.25) is 0 Å². The minimum atomic E-state index is 0. The first-order valence-corrected chi connectivity index (χ1v) is 14.6. The summed E-state index contributed by atoms with van der Waals surface area (Å²) < 4.78 is 6.39. The summed E-state index contributed by atoms with van der Waals surface area (Å²) in [6.07, 6.45) is 4.53. The monoisotopic (exact) mass is 757 g/mol. The molecular formula is C41H28IrN2O-2. The zero-order valence-corrected chi connectivity index (χ0v) is 26.7. The van der Waals surface area contributed by atoms with Gasteiger partial charge >= 0.3 is 0 Å². The predicted octanol–water partition coefficient (Wildman–Crippen LogP) is 10.3. The number of hydrogen-bond donors (Lipinski definition) is 0. The molecule has 1 radical (unpaired) electrons. The van der Waals surface area contributed by atoms with Gasteiger partial charge in [-0.15, -0.1) is 54.1 Å². The molecule has 3 nitrogen and oxygen atoms in total. The van der Waals surface area contributed by atoms with Crippen LogP contribution in [0.1, 0.15) is 11.1 Å². The molecule has 8 aromatic rings. The maximum Gasteiger partial charge on any atom is 0.121 e. The molecule has 0 aliphatic heterocycles. The first-order chi connectivity index (χ1) is 21.8. The molecule has 0 atom stereocenters. The van der Waals surface area contributed by atoms with Crippen LogP contribution in [0.2, 0.25) is 0 Å². The summed E-state index contributed by atoms with van der Waals surface area (Å²) in [5.41, 5.74) is 10.3. The fourth-order valence-corrected chi connectivity index (χ4v) is 5.37. The van der Waals surface area contributed by atoms with Crippen LogP contribution >= 0.6 is 0 Å². The van der Waals surface area contributed by atoms with Crippen molar-refractivity contribution in [2.24, 2.45) is 0 Å². The molecule has 0 saturated heterocycles. The molecule has 0 aliphatic carbocycles. The van der Waals surface area contributed by atoms with Crippen LogP contribution in [0, 0.1) is 12.1 Å². The van der Waals surface area contributed by atoms with Crippen LogP contribution in [0.3, 0.4) is 0 Å². The van der Waals surface area contributed by atoms with Crippen molar-refractivity contribution < 1.29 is 24.5 Å². The molecule has 0 fully saturated rings. The zero-order valence-electron chi connectivity index (χ0n) is 24.4. The van der Waals surface area contributed by atoms with Gasteiger partial charge in [0, 0.05) is 37.9 Å². The third kappa shape index (κ3) is 6.84. The summed E-state index contributed by atoms with van der Waals surface area (Å²) in [7, 11) is 0. The van der Waals surface area contributed by atoms with E-state index in [4.69, 9.17) is 4.42 Å². The van der Waals surface area contributed by atoms with Gasteiger partial charge in [0.15, 0.2) is 0 Å². The average molecular weight is 757 g/mol. The molecule has 0 spiro atoms. The normalized spacial score (nSPS) is 10.6. The van der Waals surface area contributed by atoms with E-state index in [-0.39, 0.29) is 20.1 Å². The van der Waals surface area contributed by atoms with Gasteiger partial charge in [-0.1, -0.05) is 102 Å². The van der Waals surface area contributed by atoms with Gasteiger partial charge in [-0.05, 0) is 58.3 Å². The van der Waals surface area contributed by atoms with Gasteiger partial charge in [0.25, 0.3) is 0 Å². The molecule has 0 N–H and O–H groups in total. The molecule has 0 amide bonds. The molecular weight excluding hydrogens is 729 g/mol. The minimum Gasteiger partial charge on any atom is -0.501 e. The summed E-state index contributed by atoms with van der Waals surface area (Å²) in [4.78, 5) is 8.86.